The number of benzene rings is 2. The third-order valence-corrected chi connectivity index (χ3v) is 5.11. The van der Waals surface area contributed by atoms with E-state index >= 15 is 0 Å². The van der Waals surface area contributed by atoms with Gasteiger partial charge in [-0.15, -0.1) is 11.3 Å². The van der Waals surface area contributed by atoms with Crippen molar-refractivity contribution in [3.63, 3.8) is 0 Å². The fourth-order valence-electron chi connectivity index (χ4n) is 2.67. The molecule has 3 rings (SSSR count). The van der Waals surface area contributed by atoms with Crippen molar-refractivity contribution in [3.05, 3.63) is 77.2 Å². The van der Waals surface area contributed by atoms with E-state index < -0.39 is 0 Å². The number of amides is 1. The van der Waals surface area contributed by atoms with Crippen molar-refractivity contribution in [2.75, 3.05) is 12.1 Å². The molecule has 0 bridgehead atoms. The number of nitrogens with zero attached hydrogens (tertiary/aromatic N) is 1. The first-order valence-electron chi connectivity index (χ1n) is 8.47. The minimum absolute atomic E-state index is 0.256. The molecule has 0 fully saturated rings. The van der Waals surface area contributed by atoms with Gasteiger partial charge >= 0.3 is 5.97 Å². The van der Waals surface area contributed by atoms with Crippen LogP contribution in [0.3, 0.4) is 0 Å². The van der Waals surface area contributed by atoms with Gasteiger partial charge in [0, 0.05) is 16.9 Å². The number of rotatable bonds is 6. The van der Waals surface area contributed by atoms with Gasteiger partial charge in [0.25, 0.3) is 5.91 Å². The lowest BCUT2D eigenvalue weighted by atomic mass is 10.1. The molecule has 0 aliphatic heterocycles. The number of nitrogens with two attached hydrogens (primary N) is 1. The molecule has 0 saturated heterocycles. The second kappa shape index (κ2) is 8.62. The van der Waals surface area contributed by atoms with Crippen LogP contribution in [0.4, 0.5) is 5.69 Å². The Balaban J connectivity index is 1.72. The molecule has 0 unspecified atom stereocenters. The smallest absolute Gasteiger partial charge is 0.305 e. The number of hydrogen-bond donors (Lipinski definition) is 1. The number of esters is 1. The highest BCUT2D eigenvalue weighted by atomic mass is 32.1. The molecule has 3 aromatic rings. The molecule has 2 aromatic carbocycles. The average molecular weight is 380 g/mol. The van der Waals surface area contributed by atoms with E-state index in [4.69, 9.17) is 5.84 Å². The Hall–Kier alpha value is -2.96. The van der Waals surface area contributed by atoms with E-state index in [9.17, 15) is 9.59 Å². The second-order valence-electron chi connectivity index (χ2n) is 5.98. The summed E-state index contributed by atoms with van der Waals surface area (Å²) in [7, 11) is 1.37. The molecular formula is C21H20N2O3S. The first-order chi connectivity index (χ1) is 13.1. The minimum atomic E-state index is -0.294. The van der Waals surface area contributed by atoms with Crippen molar-refractivity contribution in [2.24, 2.45) is 5.84 Å². The molecule has 138 valence electrons. The zero-order chi connectivity index (χ0) is 19.2. The molecule has 27 heavy (non-hydrogen) atoms. The molecule has 1 aromatic heterocycles. The Kier molecular flexibility index (Phi) is 6.01. The molecule has 0 atom stereocenters. The van der Waals surface area contributed by atoms with Gasteiger partial charge in [0.05, 0.1) is 12.8 Å². The zero-order valence-corrected chi connectivity index (χ0v) is 15.7. The first kappa shape index (κ1) is 18.8. The maximum atomic E-state index is 12.7. The third kappa shape index (κ3) is 4.61. The quantitative estimate of drug-likeness (QED) is 0.303. The van der Waals surface area contributed by atoms with E-state index in [0.717, 1.165) is 21.0 Å². The molecule has 2 N–H and O–H groups in total. The van der Waals surface area contributed by atoms with Gasteiger partial charge in [-0.05, 0) is 53.3 Å². The molecule has 0 saturated carbocycles. The third-order valence-electron chi connectivity index (χ3n) is 4.20. The SMILES string of the molecule is COC(=O)CCc1ccc(C(=O)N(N)c2cccc(-c3cccs3)c2)cc1. The number of hydrazine groups is 1. The Morgan fingerprint density at radius 2 is 1.85 bits per heavy atom. The van der Waals surface area contributed by atoms with Gasteiger partial charge in [0.1, 0.15) is 0 Å². The Bertz CT molecular complexity index is 921. The van der Waals surface area contributed by atoms with E-state index in [2.05, 4.69) is 4.74 Å². The highest BCUT2D eigenvalue weighted by Gasteiger charge is 2.15. The number of aryl methyl sites for hydroxylation is 1. The zero-order valence-electron chi connectivity index (χ0n) is 14.9. The average Bonchev–Trinajstić information content (AvgIpc) is 3.26. The summed E-state index contributed by atoms with van der Waals surface area (Å²) in [5, 5.41) is 3.16. The molecule has 6 heteroatoms. The fraction of sp³-hybridized carbons (Fsp3) is 0.143. The standard InChI is InChI=1S/C21H20N2O3S/c1-26-20(24)12-9-15-7-10-16(11-8-15)21(25)23(22)18-5-2-4-17(14-18)19-6-3-13-27-19/h2-8,10-11,13-14H,9,12,22H2,1H3. The van der Waals surface area contributed by atoms with Gasteiger partial charge in [-0.1, -0.05) is 30.3 Å². The van der Waals surface area contributed by atoms with Crippen LogP contribution in [0.2, 0.25) is 0 Å². The first-order valence-corrected chi connectivity index (χ1v) is 9.35. The predicted molar refractivity (Wildman–Crippen MR) is 108 cm³/mol. The van der Waals surface area contributed by atoms with Gasteiger partial charge < -0.3 is 4.74 Å². The van der Waals surface area contributed by atoms with Gasteiger partial charge in [0.15, 0.2) is 0 Å². The molecule has 5 nitrogen and oxygen atoms in total. The number of ether oxygens (including phenoxy) is 1. The number of methoxy groups -OCH3 is 1. The molecule has 0 aliphatic carbocycles. The van der Waals surface area contributed by atoms with E-state index in [0.29, 0.717) is 24.1 Å². The maximum Gasteiger partial charge on any atom is 0.305 e. The number of anilines is 1. The number of carbonyl (C=O) groups is 2. The van der Waals surface area contributed by atoms with Crippen LogP contribution in [0.5, 0.6) is 0 Å². The number of hydrogen-bond acceptors (Lipinski definition) is 5. The van der Waals surface area contributed by atoms with Crippen molar-refractivity contribution in [1.82, 2.24) is 0 Å². The second-order valence-corrected chi connectivity index (χ2v) is 6.92. The fourth-order valence-corrected chi connectivity index (χ4v) is 3.39. The van der Waals surface area contributed by atoms with Crippen LogP contribution in [-0.4, -0.2) is 19.0 Å². The molecule has 0 aliphatic rings. The van der Waals surface area contributed by atoms with Crippen molar-refractivity contribution in [3.8, 4) is 10.4 Å². The van der Waals surface area contributed by atoms with Gasteiger partial charge in [-0.3, -0.25) is 9.59 Å². The summed E-state index contributed by atoms with van der Waals surface area (Å²) in [5.74, 6) is 5.52. The Morgan fingerprint density at radius 3 is 2.52 bits per heavy atom. The maximum absolute atomic E-state index is 12.7. The van der Waals surface area contributed by atoms with E-state index in [1.165, 1.54) is 7.11 Å². The number of carbonyl (C=O) groups excluding carboxylic acids is 2. The largest absolute Gasteiger partial charge is 0.469 e. The lowest BCUT2D eigenvalue weighted by molar-refractivity contribution is -0.140. The van der Waals surface area contributed by atoms with Crippen molar-refractivity contribution in [1.29, 1.82) is 0 Å². The molecule has 0 spiro atoms. The van der Waals surface area contributed by atoms with Gasteiger partial charge in [-0.2, -0.15) is 0 Å². The number of thiophene rings is 1. The lowest BCUT2D eigenvalue weighted by Crippen LogP contribution is -2.37. The summed E-state index contributed by atoms with van der Waals surface area (Å²) in [6, 6.07) is 18.7. The summed E-state index contributed by atoms with van der Waals surface area (Å²) in [6.07, 6.45) is 0.874. The topological polar surface area (TPSA) is 72.6 Å². The lowest BCUT2D eigenvalue weighted by Gasteiger charge is -2.17. The van der Waals surface area contributed by atoms with E-state index in [1.54, 1.807) is 29.5 Å². The molecule has 1 amide bonds. The molecule has 1 heterocycles. The normalized spacial score (nSPS) is 10.4. The van der Waals surface area contributed by atoms with Crippen LogP contribution in [0.25, 0.3) is 10.4 Å². The summed E-state index contributed by atoms with van der Waals surface area (Å²) in [5.41, 5.74) is 3.09. The summed E-state index contributed by atoms with van der Waals surface area (Å²) in [4.78, 5) is 25.0. The van der Waals surface area contributed by atoms with Crippen LogP contribution >= 0.6 is 11.3 Å². The van der Waals surface area contributed by atoms with Crippen LogP contribution in [0.15, 0.2) is 66.0 Å². The minimum Gasteiger partial charge on any atom is -0.469 e. The Labute approximate surface area is 162 Å². The van der Waals surface area contributed by atoms with Crippen LogP contribution in [0.1, 0.15) is 22.3 Å². The highest BCUT2D eigenvalue weighted by Crippen LogP contribution is 2.28. The highest BCUT2D eigenvalue weighted by molar-refractivity contribution is 7.13. The summed E-state index contributed by atoms with van der Waals surface area (Å²) in [6.45, 7) is 0. The Morgan fingerprint density at radius 1 is 1.07 bits per heavy atom. The van der Waals surface area contributed by atoms with Crippen molar-refractivity contribution < 1.29 is 14.3 Å². The summed E-state index contributed by atoms with van der Waals surface area (Å²) >= 11 is 1.63. The van der Waals surface area contributed by atoms with Crippen molar-refractivity contribution in [2.45, 2.75) is 12.8 Å². The van der Waals surface area contributed by atoms with E-state index in [-0.39, 0.29) is 11.9 Å². The van der Waals surface area contributed by atoms with Crippen LogP contribution in [-0.2, 0) is 16.0 Å². The van der Waals surface area contributed by atoms with E-state index in [1.807, 2.05) is 47.8 Å². The van der Waals surface area contributed by atoms with Crippen molar-refractivity contribution >= 4 is 28.9 Å². The van der Waals surface area contributed by atoms with Gasteiger partial charge in [-0.25, -0.2) is 10.9 Å². The molecule has 0 radical (unpaired) electrons. The van der Waals surface area contributed by atoms with Crippen LogP contribution in [0, 0.1) is 0 Å². The van der Waals surface area contributed by atoms with Gasteiger partial charge in [0.2, 0.25) is 0 Å². The monoisotopic (exact) mass is 380 g/mol. The predicted octanol–water partition coefficient (Wildman–Crippen LogP) is 4.04. The summed E-state index contributed by atoms with van der Waals surface area (Å²) < 4.78 is 4.64. The molecular weight excluding hydrogens is 360 g/mol. The van der Waals surface area contributed by atoms with Crippen LogP contribution < -0.4 is 10.9 Å².